The fraction of sp³-hybridized carbons (Fsp3) is 0.938. The molecule has 0 aromatic rings. The second-order valence-electron chi connectivity index (χ2n) is 6.37. The van der Waals surface area contributed by atoms with Crippen LogP contribution in [0.4, 0.5) is 0 Å². The van der Waals surface area contributed by atoms with Crippen molar-refractivity contribution in [3.8, 4) is 0 Å². The topological polar surface area (TPSA) is 41.6 Å². The molecule has 1 heterocycles. The van der Waals surface area contributed by atoms with Crippen LogP contribution in [0.25, 0.3) is 0 Å². The van der Waals surface area contributed by atoms with Crippen LogP contribution in [0.2, 0.25) is 0 Å². The van der Waals surface area contributed by atoms with Crippen LogP contribution in [0.15, 0.2) is 0 Å². The number of hydrogen-bond donors (Lipinski definition) is 1. The van der Waals surface area contributed by atoms with Crippen molar-refractivity contribution in [1.82, 2.24) is 10.2 Å². The SMILES string of the molecule is CCCOCC1CCN(CC(=O)NC2CCCCC2)C1. The summed E-state index contributed by atoms with van der Waals surface area (Å²) in [5.41, 5.74) is 0. The number of carbonyl (C=O) groups is 1. The lowest BCUT2D eigenvalue weighted by Gasteiger charge is -2.24. The Morgan fingerprint density at radius 2 is 2.05 bits per heavy atom. The third-order valence-electron chi connectivity index (χ3n) is 4.41. The van der Waals surface area contributed by atoms with Gasteiger partial charge in [0.25, 0.3) is 0 Å². The molecular weight excluding hydrogens is 252 g/mol. The summed E-state index contributed by atoms with van der Waals surface area (Å²) in [7, 11) is 0. The van der Waals surface area contributed by atoms with E-state index in [0.717, 1.165) is 32.7 Å². The number of nitrogens with zero attached hydrogens (tertiary/aromatic N) is 1. The van der Waals surface area contributed by atoms with Gasteiger partial charge < -0.3 is 10.1 Å². The number of hydrogen-bond acceptors (Lipinski definition) is 3. The molecule has 116 valence electrons. The summed E-state index contributed by atoms with van der Waals surface area (Å²) in [6.45, 7) is 6.48. The normalized spacial score (nSPS) is 24.9. The average molecular weight is 282 g/mol. The first-order chi connectivity index (χ1) is 9.78. The third-order valence-corrected chi connectivity index (χ3v) is 4.41. The van der Waals surface area contributed by atoms with Gasteiger partial charge in [0.1, 0.15) is 0 Å². The standard InChI is InChI=1S/C16H30N2O2/c1-2-10-20-13-14-8-9-18(11-14)12-16(19)17-15-6-4-3-5-7-15/h14-15H,2-13H2,1H3,(H,17,19). The Morgan fingerprint density at radius 1 is 1.25 bits per heavy atom. The molecule has 1 N–H and O–H groups in total. The summed E-state index contributed by atoms with van der Waals surface area (Å²) in [4.78, 5) is 14.3. The Labute approximate surface area is 123 Å². The molecule has 1 unspecified atom stereocenters. The molecule has 1 atom stereocenters. The number of rotatable bonds is 7. The Morgan fingerprint density at radius 3 is 2.80 bits per heavy atom. The molecule has 0 bridgehead atoms. The molecule has 2 rings (SSSR count). The maximum absolute atomic E-state index is 12.1. The van der Waals surface area contributed by atoms with E-state index in [9.17, 15) is 4.79 Å². The van der Waals surface area contributed by atoms with Gasteiger partial charge in [-0.2, -0.15) is 0 Å². The van der Waals surface area contributed by atoms with Crippen LogP contribution in [0.5, 0.6) is 0 Å². The lowest BCUT2D eigenvalue weighted by Crippen LogP contribution is -2.42. The van der Waals surface area contributed by atoms with Gasteiger partial charge in [0.15, 0.2) is 0 Å². The van der Waals surface area contributed by atoms with Crippen molar-refractivity contribution < 1.29 is 9.53 Å². The summed E-state index contributed by atoms with van der Waals surface area (Å²) in [6, 6.07) is 0.433. The van der Waals surface area contributed by atoms with E-state index >= 15 is 0 Å². The van der Waals surface area contributed by atoms with Crippen LogP contribution in [0, 0.1) is 5.92 Å². The van der Waals surface area contributed by atoms with Gasteiger partial charge >= 0.3 is 0 Å². The van der Waals surface area contributed by atoms with Crippen LogP contribution in [0.1, 0.15) is 51.9 Å². The molecule has 1 saturated heterocycles. The summed E-state index contributed by atoms with van der Waals surface area (Å²) in [5, 5.41) is 3.20. The monoisotopic (exact) mass is 282 g/mol. The van der Waals surface area contributed by atoms with Crippen molar-refractivity contribution >= 4 is 5.91 Å². The van der Waals surface area contributed by atoms with Crippen molar-refractivity contribution in [2.24, 2.45) is 5.92 Å². The molecule has 0 radical (unpaired) electrons. The Bertz CT molecular complexity index is 290. The van der Waals surface area contributed by atoms with Gasteiger partial charge in [-0.25, -0.2) is 0 Å². The predicted octanol–water partition coefficient (Wildman–Crippen LogP) is 2.18. The van der Waals surface area contributed by atoms with E-state index in [1.807, 2.05) is 0 Å². The molecule has 1 aliphatic carbocycles. The van der Waals surface area contributed by atoms with Crippen LogP contribution < -0.4 is 5.32 Å². The van der Waals surface area contributed by atoms with Crippen molar-refractivity contribution in [3.05, 3.63) is 0 Å². The number of ether oxygens (including phenoxy) is 1. The highest BCUT2D eigenvalue weighted by Gasteiger charge is 2.25. The molecule has 0 aromatic carbocycles. The Hall–Kier alpha value is -0.610. The number of nitrogens with one attached hydrogen (secondary N) is 1. The molecular formula is C16H30N2O2. The highest BCUT2D eigenvalue weighted by molar-refractivity contribution is 5.78. The molecule has 0 spiro atoms. The zero-order valence-electron chi connectivity index (χ0n) is 12.9. The van der Waals surface area contributed by atoms with Gasteiger partial charge in [0.2, 0.25) is 5.91 Å². The minimum atomic E-state index is 0.215. The van der Waals surface area contributed by atoms with Gasteiger partial charge in [-0.3, -0.25) is 9.69 Å². The predicted molar refractivity (Wildman–Crippen MR) is 80.7 cm³/mol. The van der Waals surface area contributed by atoms with E-state index in [-0.39, 0.29) is 5.91 Å². The quantitative estimate of drug-likeness (QED) is 0.728. The summed E-state index contributed by atoms with van der Waals surface area (Å²) < 4.78 is 5.61. The van der Waals surface area contributed by atoms with Gasteiger partial charge in [0.05, 0.1) is 13.2 Å². The average Bonchev–Trinajstić information content (AvgIpc) is 2.87. The van der Waals surface area contributed by atoms with E-state index in [4.69, 9.17) is 4.74 Å². The molecule has 4 heteroatoms. The molecule has 20 heavy (non-hydrogen) atoms. The maximum Gasteiger partial charge on any atom is 0.234 e. The molecule has 1 saturated carbocycles. The van der Waals surface area contributed by atoms with Crippen molar-refractivity contribution in [2.45, 2.75) is 57.9 Å². The minimum absolute atomic E-state index is 0.215. The largest absolute Gasteiger partial charge is 0.381 e. The summed E-state index contributed by atoms with van der Waals surface area (Å²) in [5.74, 6) is 0.830. The number of likely N-dealkylation sites (tertiary alicyclic amines) is 1. The van der Waals surface area contributed by atoms with E-state index in [1.165, 1.54) is 38.5 Å². The van der Waals surface area contributed by atoms with Crippen LogP contribution in [-0.4, -0.2) is 49.7 Å². The third kappa shape index (κ3) is 5.41. The first-order valence-corrected chi connectivity index (χ1v) is 8.37. The maximum atomic E-state index is 12.1. The Balaban J connectivity index is 1.60. The van der Waals surface area contributed by atoms with Crippen molar-refractivity contribution in [2.75, 3.05) is 32.8 Å². The minimum Gasteiger partial charge on any atom is -0.381 e. The fourth-order valence-electron chi connectivity index (χ4n) is 3.31. The lowest BCUT2D eigenvalue weighted by atomic mass is 9.95. The Kier molecular flexibility index (Phi) is 6.80. The van der Waals surface area contributed by atoms with E-state index in [2.05, 4.69) is 17.1 Å². The van der Waals surface area contributed by atoms with Crippen LogP contribution in [-0.2, 0) is 9.53 Å². The van der Waals surface area contributed by atoms with Crippen LogP contribution >= 0.6 is 0 Å². The van der Waals surface area contributed by atoms with E-state index in [1.54, 1.807) is 0 Å². The van der Waals surface area contributed by atoms with E-state index in [0.29, 0.717) is 18.5 Å². The summed E-state index contributed by atoms with van der Waals surface area (Å²) in [6.07, 6.45) is 8.45. The first-order valence-electron chi connectivity index (χ1n) is 8.37. The summed E-state index contributed by atoms with van der Waals surface area (Å²) >= 11 is 0. The van der Waals surface area contributed by atoms with Gasteiger partial charge in [-0.15, -0.1) is 0 Å². The van der Waals surface area contributed by atoms with Crippen molar-refractivity contribution in [1.29, 1.82) is 0 Å². The zero-order chi connectivity index (χ0) is 14.2. The molecule has 4 nitrogen and oxygen atoms in total. The molecule has 0 aromatic heterocycles. The highest BCUT2D eigenvalue weighted by atomic mass is 16.5. The highest BCUT2D eigenvalue weighted by Crippen LogP contribution is 2.18. The van der Waals surface area contributed by atoms with Gasteiger partial charge in [-0.05, 0) is 38.1 Å². The van der Waals surface area contributed by atoms with Gasteiger partial charge in [0, 0.05) is 19.2 Å². The molecule has 2 aliphatic rings. The number of carbonyl (C=O) groups excluding carboxylic acids is 1. The second-order valence-corrected chi connectivity index (χ2v) is 6.37. The first kappa shape index (κ1) is 15.8. The number of amides is 1. The molecule has 1 amide bonds. The van der Waals surface area contributed by atoms with Crippen LogP contribution in [0.3, 0.4) is 0 Å². The molecule has 1 aliphatic heterocycles. The smallest absolute Gasteiger partial charge is 0.234 e. The van der Waals surface area contributed by atoms with E-state index < -0.39 is 0 Å². The second kappa shape index (κ2) is 8.63. The molecule has 2 fully saturated rings. The van der Waals surface area contributed by atoms with Gasteiger partial charge in [-0.1, -0.05) is 26.2 Å². The fourth-order valence-corrected chi connectivity index (χ4v) is 3.31. The van der Waals surface area contributed by atoms with Crippen molar-refractivity contribution in [3.63, 3.8) is 0 Å². The lowest BCUT2D eigenvalue weighted by molar-refractivity contribution is -0.123. The zero-order valence-corrected chi connectivity index (χ0v) is 12.9.